The fraction of sp³-hybridized carbons (Fsp3) is 0.778. The molecule has 0 aromatic rings. The lowest BCUT2D eigenvalue weighted by atomic mass is 9.99. The van der Waals surface area contributed by atoms with E-state index in [0.29, 0.717) is 0 Å². The first-order valence-corrected chi connectivity index (χ1v) is 4.64. The minimum absolute atomic E-state index is 0.142. The molecule has 5 atom stereocenters. The predicted molar refractivity (Wildman–Crippen MR) is 49.9 cm³/mol. The van der Waals surface area contributed by atoms with E-state index in [2.05, 4.69) is 6.58 Å². The van der Waals surface area contributed by atoms with Gasteiger partial charge in [-0.1, -0.05) is 6.08 Å². The van der Waals surface area contributed by atoms with Crippen molar-refractivity contribution in [2.75, 3.05) is 13.2 Å². The molecule has 88 valence electrons. The molecule has 4 N–H and O–H groups in total. The number of aliphatic hydroxyl groups excluding tert-OH is 4. The maximum Gasteiger partial charge on any atom is 0.187 e. The van der Waals surface area contributed by atoms with Gasteiger partial charge < -0.3 is 29.9 Å². The molecule has 0 amide bonds. The second-order valence-corrected chi connectivity index (χ2v) is 3.32. The first kappa shape index (κ1) is 12.6. The maximum absolute atomic E-state index is 9.47. The summed E-state index contributed by atoms with van der Waals surface area (Å²) in [5.74, 6) is 0. The molecule has 0 radical (unpaired) electrons. The molecule has 0 aromatic heterocycles. The standard InChI is InChI=1S/C9H16O6/c1-2-3-14-9-8(13)7(12)6(11)5(4-10)15-9/h2,5-13H,1,3-4H2/t5-,6+,7-,8+,9-/m0/s1. The first-order chi connectivity index (χ1) is 7.11. The summed E-state index contributed by atoms with van der Waals surface area (Å²) in [6.07, 6.45) is -4.64. The number of rotatable bonds is 4. The van der Waals surface area contributed by atoms with Gasteiger partial charge in [0.25, 0.3) is 0 Å². The van der Waals surface area contributed by atoms with Crippen LogP contribution in [-0.2, 0) is 9.47 Å². The Kier molecular flexibility index (Phi) is 4.65. The molecule has 1 fully saturated rings. The maximum atomic E-state index is 9.47. The van der Waals surface area contributed by atoms with E-state index in [1.54, 1.807) is 0 Å². The van der Waals surface area contributed by atoms with Crippen molar-refractivity contribution in [1.82, 2.24) is 0 Å². The average Bonchev–Trinajstić information content (AvgIpc) is 2.25. The zero-order valence-corrected chi connectivity index (χ0v) is 8.19. The lowest BCUT2D eigenvalue weighted by Crippen LogP contribution is -2.59. The molecule has 1 aliphatic heterocycles. The number of hydrogen-bond acceptors (Lipinski definition) is 6. The molecule has 0 aliphatic carbocycles. The van der Waals surface area contributed by atoms with Gasteiger partial charge in [-0.15, -0.1) is 6.58 Å². The van der Waals surface area contributed by atoms with Gasteiger partial charge in [0, 0.05) is 0 Å². The van der Waals surface area contributed by atoms with Crippen LogP contribution in [0, 0.1) is 0 Å². The topological polar surface area (TPSA) is 99.4 Å². The molecule has 0 bridgehead atoms. The summed E-state index contributed by atoms with van der Waals surface area (Å²) in [4.78, 5) is 0. The van der Waals surface area contributed by atoms with Crippen LogP contribution in [0.25, 0.3) is 0 Å². The Morgan fingerprint density at radius 3 is 2.40 bits per heavy atom. The highest BCUT2D eigenvalue weighted by molar-refractivity contribution is 4.89. The van der Waals surface area contributed by atoms with Gasteiger partial charge in [-0.3, -0.25) is 0 Å². The molecule has 1 saturated heterocycles. The Morgan fingerprint density at radius 2 is 1.87 bits per heavy atom. The number of aliphatic hydroxyl groups is 4. The van der Waals surface area contributed by atoms with Gasteiger partial charge in [-0.2, -0.15) is 0 Å². The Morgan fingerprint density at radius 1 is 1.20 bits per heavy atom. The monoisotopic (exact) mass is 220 g/mol. The summed E-state index contributed by atoms with van der Waals surface area (Å²) < 4.78 is 10.1. The van der Waals surface area contributed by atoms with Crippen LogP contribution in [0.15, 0.2) is 12.7 Å². The lowest BCUT2D eigenvalue weighted by Gasteiger charge is -2.39. The van der Waals surface area contributed by atoms with E-state index >= 15 is 0 Å². The third-order valence-corrected chi connectivity index (χ3v) is 2.23. The molecule has 0 saturated carbocycles. The summed E-state index contributed by atoms with van der Waals surface area (Å²) in [5.41, 5.74) is 0. The molecule has 15 heavy (non-hydrogen) atoms. The van der Waals surface area contributed by atoms with Crippen LogP contribution in [0.5, 0.6) is 0 Å². The zero-order valence-electron chi connectivity index (χ0n) is 8.19. The fourth-order valence-electron chi connectivity index (χ4n) is 1.37. The van der Waals surface area contributed by atoms with Crippen LogP contribution in [0.3, 0.4) is 0 Å². The van der Waals surface area contributed by atoms with Crippen LogP contribution in [-0.4, -0.2) is 64.3 Å². The van der Waals surface area contributed by atoms with E-state index in [-0.39, 0.29) is 6.61 Å². The molecule has 0 aromatic carbocycles. The molecule has 6 heteroatoms. The summed E-state index contributed by atoms with van der Waals surface area (Å²) in [5, 5.41) is 37.1. The van der Waals surface area contributed by atoms with Crippen molar-refractivity contribution in [1.29, 1.82) is 0 Å². The van der Waals surface area contributed by atoms with E-state index in [1.807, 2.05) is 0 Å². The van der Waals surface area contributed by atoms with Crippen LogP contribution < -0.4 is 0 Å². The Hall–Kier alpha value is -0.500. The highest BCUT2D eigenvalue weighted by Crippen LogP contribution is 2.21. The first-order valence-electron chi connectivity index (χ1n) is 4.64. The van der Waals surface area contributed by atoms with E-state index in [4.69, 9.17) is 14.6 Å². The fourth-order valence-corrected chi connectivity index (χ4v) is 1.37. The Balaban J connectivity index is 2.60. The van der Waals surface area contributed by atoms with Crippen molar-refractivity contribution in [3.63, 3.8) is 0 Å². The molecule has 0 spiro atoms. The lowest BCUT2D eigenvalue weighted by molar-refractivity contribution is -0.298. The molecule has 1 aliphatic rings. The van der Waals surface area contributed by atoms with Gasteiger partial charge in [0.15, 0.2) is 6.29 Å². The molecular weight excluding hydrogens is 204 g/mol. The van der Waals surface area contributed by atoms with Gasteiger partial charge in [-0.05, 0) is 0 Å². The number of hydrogen-bond donors (Lipinski definition) is 4. The second kappa shape index (κ2) is 5.55. The van der Waals surface area contributed by atoms with Gasteiger partial charge in [0.05, 0.1) is 13.2 Å². The molecule has 6 nitrogen and oxygen atoms in total. The minimum atomic E-state index is -1.40. The quantitative estimate of drug-likeness (QED) is 0.408. The van der Waals surface area contributed by atoms with Gasteiger partial charge in [0.1, 0.15) is 24.4 Å². The van der Waals surface area contributed by atoms with E-state index in [0.717, 1.165) is 0 Å². The molecule has 1 heterocycles. The van der Waals surface area contributed by atoms with Gasteiger partial charge in [-0.25, -0.2) is 0 Å². The van der Waals surface area contributed by atoms with E-state index in [9.17, 15) is 15.3 Å². The molecular formula is C9H16O6. The highest BCUT2D eigenvalue weighted by atomic mass is 16.7. The molecule has 1 rings (SSSR count). The normalized spacial score (nSPS) is 41.5. The molecule has 0 unspecified atom stereocenters. The SMILES string of the molecule is C=CCO[C@H]1O[C@@H](CO)[C@@H](O)[C@H](O)[C@H]1O. The zero-order chi connectivity index (χ0) is 11.4. The summed E-state index contributed by atoms with van der Waals surface area (Å²) in [6, 6.07) is 0. The van der Waals surface area contributed by atoms with Crippen molar-refractivity contribution in [2.24, 2.45) is 0 Å². The summed E-state index contributed by atoms with van der Waals surface area (Å²) in [7, 11) is 0. The van der Waals surface area contributed by atoms with Crippen LogP contribution >= 0.6 is 0 Å². The van der Waals surface area contributed by atoms with Crippen molar-refractivity contribution in [3.05, 3.63) is 12.7 Å². The van der Waals surface area contributed by atoms with E-state index in [1.165, 1.54) is 6.08 Å². The third-order valence-electron chi connectivity index (χ3n) is 2.23. The van der Waals surface area contributed by atoms with Crippen LogP contribution in [0.1, 0.15) is 0 Å². The minimum Gasteiger partial charge on any atom is -0.394 e. The van der Waals surface area contributed by atoms with Gasteiger partial charge >= 0.3 is 0 Å². The largest absolute Gasteiger partial charge is 0.394 e. The smallest absolute Gasteiger partial charge is 0.187 e. The Labute approximate surface area is 87.4 Å². The Bertz CT molecular complexity index is 207. The predicted octanol–water partition coefficient (Wildman–Crippen LogP) is -2.01. The van der Waals surface area contributed by atoms with Crippen molar-refractivity contribution in [3.8, 4) is 0 Å². The van der Waals surface area contributed by atoms with E-state index < -0.39 is 37.3 Å². The van der Waals surface area contributed by atoms with Crippen LogP contribution in [0.4, 0.5) is 0 Å². The third kappa shape index (κ3) is 2.75. The summed E-state index contributed by atoms with van der Waals surface area (Å²) >= 11 is 0. The average molecular weight is 220 g/mol. The summed E-state index contributed by atoms with van der Waals surface area (Å²) in [6.45, 7) is 3.10. The van der Waals surface area contributed by atoms with Crippen molar-refractivity contribution < 1.29 is 29.9 Å². The van der Waals surface area contributed by atoms with Crippen molar-refractivity contribution in [2.45, 2.75) is 30.7 Å². The van der Waals surface area contributed by atoms with Crippen LogP contribution in [0.2, 0.25) is 0 Å². The number of ether oxygens (including phenoxy) is 2. The second-order valence-electron chi connectivity index (χ2n) is 3.32. The highest BCUT2D eigenvalue weighted by Gasteiger charge is 2.43. The van der Waals surface area contributed by atoms with Crippen molar-refractivity contribution >= 4 is 0 Å². The van der Waals surface area contributed by atoms with Gasteiger partial charge in [0.2, 0.25) is 0 Å².